The van der Waals surface area contributed by atoms with Gasteiger partial charge in [0.05, 0.1) is 5.60 Å². The average Bonchev–Trinajstić information content (AvgIpc) is 3.00. The van der Waals surface area contributed by atoms with Gasteiger partial charge in [-0.25, -0.2) is 0 Å². The maximum atomic E-state index is 10.6. The molecule has 0 radical (unpaired) electrons. The number of rotatable bonds is 3. The molecule has 1 heterocycles. The van der Waals surface area contributed by atoms with Crippen LogP contribution in [-0.2, 0) is 0 Å². The minimum atomic E-state index is -0.408. The van der Waals surface area contributed by atoms with Crippen molar-refractivity contribution in [3.8, 4) is 0 Å². The Labute approximate surface area is 87.1 Å². The molecule has 0 amide bonds. The van der Waals surface area contributed by atoms with Crippen LogP contribution in [-0.4, -0.2) is 23.3 Å². The monoisotopic (exact) mass is 197 g/mol. The zero-order valence-corrected chi connectivity index (χ0v) is 9.42. The highest BCUT2D eigenvalue weighted by Crippen LogP contribution is 2.45. The normalized spacial score (nSPS) is 37.9. The molecular weight excluding hydrogens is 174 g/mol. The first kappa shape index (κ1) is 10.4. The van der Waals surface area contributed by atoms with Crippen molar-refractivity contribution in [2.45, 2.75) is 57.6 Å². The van der Waals surface area contributed by atoms with Gasteiger partial charge in [0, 0.05) is 6.04 Å². The maximum absolute atomic E-state index is 10.6. The molecule has 1 saturated heterocycles. The third-order valence-electron chi connectivity index (χ3n) is 4.12. The van der Waals surface area contributed by atoms with Crippen LogP contribution >= 0.6 is 0 Å². The van der Waals surface area contributed by atoms with E-state index in [1.54, 1.807) is 0 Å². The van der Waals surface area contributed by atoms with Gasteiger partial charge in [-0.1, -0.05) is 13.8 Å². The number of nitrogens with one attached hydrogen (secondary N) is 1. The molecule has 2 rings (SSSR count). The third-order valence-corrected chi connectivity index (χ3v) is 4.12. The van der Waals surface area contributed by atoms with E-state index in [1.165, 1.54) is 19.3 Å². The molecule has 1 aliphatic heterocycles. The van der Waals surface area contributed by atoms with E-state index >= 15 is 0 Å². The van der Waals surface area contributed by atoms with E-state index in [0.29, 0.717) is 12.0 Å². The molecule has 2 aliphatic rings. The molecule has 3 unspecified atom stereocenters. The van der Waals surface area contributed by atoms with Crippen molar-refractivity contribution in [3.63, 3.8) is 0 Å². The topological polar surface area (TPSA) is 32.3 Å². The van der Waals surface area contributed by atoms with Gasteiger partial charge in [0.1, 0.15) is 0 Å². The summed E-state index contributed by atoms with van der Waals surface area (Å²) in [7, 11) is 0. The molecule has 0 aromatic rings. The minimum Gasteiger partial charge on any atom is -0.388 e. The van der Waals surface area contributed by atoms with Gasteiger partial charge < -0.3 is 10.4 Å². The summed E-state index contributed by atoms with van der Waals surface area (Å²) >= 11 is 0. The van der Waals surface area contributed by atoms with E-state index in [0.717, 1.165) is 25.3 Å². The largest absolute Gasteiger partial charge is 0.388 e. The fourth-order valence-corrected chi connectivity index (χ4v) is 2.89. The predicted octanol–water partition coefficient (Wildman–Crippen LogP) is 1.93. The summed E-state index contributed by atoms with van der Waals surface area (Å²) in [5.41, 5.74) is -0.408. The highest BCUT2D eigenvalue weighted by Gasteiger charge is 2.48. The number of piperidine rings is 1. The van der Waals surface area contributed by atoms with E-state index in [1.807, 2.05) is 0 Å². The van der Waals surface area contributed by atoms with Crippen LogP contribution in [0.2, 0.25) is 0 Å². The molecule has 82 valence electrons. The third kappa shape index (κ3) is 1.82. The predicted molar refractivity (Wildman–Crippen MR) is 58.2 cm³/mol. The molecule has 0 aromatic heterocycles. The van der Waals surface area contributed by atoms with E-state index in [4.69, 9.17) is 0 Å². The quantitative estimate of drug-likeness (QED) is 0.724. The van der Waals surface area contributed by atoms with Crippen molar-refractivity contribution in [2.24, 2.45) is 11.8 Å². The Balaban J connectivity index is 2.02. The summed E-state index contributed by atoms with van der Waals surface area (Å²) in [6, 6.07) is 0.351. The molecule has 2 heteroatoms. The van der Waals surface area contributed by atoms with E-state index in [2.05, 4.69) is 19.2 Å². The van der Waals surface area contributed by atoms with Gasteiger partial charge >= 0.3 is 0 Å². The number of aliphatic hydroxyl groups is 1. The van der Waals surface area contributed by atoms with Gasteiger partial charge in [-0.3, -0.25) is 0 Å². The summed E-state index contributed by atoms with van der Waals surface area (Å²) < 4.78 is 0. The second-order valence-electron chi connectivity index (χ2n) is 5.26. The lowest BCUT2D eigenvalue weighted by molar-refractivity contribution is -0.0362. The summed E-state index contributed by atoms with van der Waals surface area (Å²) in [5, 5.41) is 14.2. The molecule has 14 heavy (non-hydrogen) atoms. The van der Waals surface area contributed by atoms with Crippen LogP contribution in [0.15, 0.2) is 0 Å². The first-order valence-electron chi connectivity index (χ1n) is 6.12. The maximum Gasteiger partial charge on any atom is 0.0825 e. The Kier molecular flexibility index (Phi) is 2.85. The zero-order chi connectivity index (χ0) is 10.2. The summed E-state index contributed by atoms with van der Waals surface area (Å²) in [6.45, 7) is 5.51. The fourth-order valence-electron chi connectivity index (χ4n) is 2.89. The molecule has 0 bridgehead atoms. The van der Waals surface area contributed by atoms with Crippen LogP contribution < -0.4 is 5.32 Å². The molecular formula is C12H23NO. The van der Waals surface area contributed by atoms with Crippen molar-refractivity contribution < 1.29 is 5.11 Å². The SMILES string of the molecule is CCC(O)(C1CC1)C1CC(C)CCN1. The fraction of sp³-hybridized carbons (Fsp3) is 1.00. The molecule has 0 aromatic carbocycles. The molecule has 3 atom stereocenters. The number of hydrogen-bond donors (Lipinski definition) is 2. The van der Waals surface area contributed by atoms with E-state index < -0.39 is 5.60 Å². The molecule has 1 aliphatic carbocycles. The smallest absolute Gasteiger partial charge is 0.0825 e. The minimum absolute atomic E-state index is 0.351. The standard InChI is InChI=1S/C12H23NO/c1-3-12(14,10-4-5-10)11-8-9(2)6-7-13-11/h9-11,13-14H,3-8H2,1-2H3. The van der Waals surface area contributed by atoms with Gasteiger partial charge in [-0.2, -0.15) is 0 Å². The van der Waals surface area contributed by atoms with E-state index in [-0.39, 0.29) is 0 Å². The summed E-state index contributed by atoms with van der Waals surface area (Å²) in [6.07, 6.45) is 5.79. The van der Waals surface area contributed by atoms with Crippen LogP contribution in [0.4, 0.5) is 0 Å². The Morgan fingerprint density at radius 3 is 2.57 bits per heavy atom. The van der Waals surface area contributed by atoms with E-state index in [9.17, 15) is 5.11 Å². The lowest BCUT2D eigenvalue weighted by Crippen LogP contribution is -2.55. The van der Waals surface area contributed by atoms with Crippen LogP contribution in [0.1, 0.15) is 46.0 Å². The summed E-state index contributed by atoms with van der Waals surface area (Å²) in [5.74, 6) is 1.35. The van der Waals surface area contributed by atoms with Gasteiger partial charge in [-0.05, 0) is 50.5 Å². The van der Waals surface area contributed by atoms with Crippen molar-refractivity contribution in [3.05, 3.63) is 0 Å². The molecule has 0 spiro atoms. The second-order valence-corrected chi connectivity index (χ2v) is 5.26. The van der Waals surface area contributed by atoms with Crippen molar-refractivity contribution >= 4 is 0 Å². The molecule has 2 N–H and O–H groups in total. The Morgan fingerprint density at radius 2 is 2.07 bits per heavy atom. The van der Waals surface area contributed by atoms with Crippen LogP contribution in [0.5, 0.6) is 0 Å². The zero-order valence-electron chi connectivity index (χ0n) is 9.42. The molecule has 2 fully saturated rings. The van der Waals surface area contributed by atoms with Gasteiger partial charge in [0.15, 0.2) is 0 Å². The second kappa shape index (κ2) is 3.82. The molecule has 1 saturated carbocycles. The average molecular weight is 197 g/mol. The van der Waals surface area contributed by atoms with Crippen molar-refractivity contribution in [1.82, 2.24) is 5.32 Å². The lowest BCUT2D eigenvalue weighted by Gasteiger charge is -2.41. The highest BCUT2D eigenvalue weighted by molar-refractivity contribution is 5.03. The molecule has 2 nitrogen and oxygen atoms in total. The summed E-state index contributed by atoms with van der Waals surface area (Å²) in [4.78, 5) is 0. The first-order chi connectivity index (χ1) is 6.66. The van der Waals surface area contributed by atoms with Crippen LogP contribution in [0.25, 0.3) is 0 Å². The Bertz CT molecular complexity index is 202. The van der Waals surface area contributed by atoms with Crippen LogP contribution in [0.3, 0.4) is 0 Å². The Hall–Kier alpha value is -0.0800. The van der Waals surface area contributed by atoms with Crippen molar-refractivity contribution in [2.75, 3.05) is 6.54 Å². The lowest BCUT2D eigenvalue weighted by atomic mass is 9.79. The Morgan fingerprint density at radius 1 is 1.36 bits per heavy atom. The van der Waals surface area contributed by atoms with Crippen LogP contribution in [0, 0.1) is 11.8 Å². The number of hydrogen-bond acceptors (Lipinski definition) is 2. The highest BCUT2D eigenvalue weighted by atomic mass is 16.3. The van der Waals surface area contributed by atoms with Gasteiger partial charge in [0.2, 0.25) is 0 Å². The van der Waals surface area contributed by atoms with Gasteiger partial charge in [0.25, 0.3) is 0 Å². The van der Waals surface area contributed by atoms with Gasteiger partial charge in [-0.15, -0.1) is 0 Å². The first-order valence-corrected chi connectivity index (χ1v) is 6.12. The van der Waals surface area contributed by atoms with Crippen molar-refractivity contribution in [1.29, 1.82) is 0 Å².